The lowest BCUT2D eigenvalue weighted by molar-refractivity contribution is 0.178. The fraction of sp³-hybridized carbons (Fsp3) is 0.231. The molecule has 0 bridgehead atoms. The number of methoxy groups -OCH3 is 1. The number of nitrogens with two attached hydrogens (primary N) is 1. The predicted octanol–water partition coefficient (Wildman–Crippen LogP) is 2.47. The van der Waals surface area contributed by atoms with Crippen LogP contribution in [0.2, 0.25) is 5.02 Å². The summed E-state index contributed by atoms with van der Waals surface area (Å²) in [4.78, 5) is 8.37. The molecule has 0 aliphatic heterocycles. The second-order valence-corrected chi connectivity index (χ2v) is 4.45. The van der Waals surface area contributed by atoms with E-state index in [9.17, 15) is 0 Å². The van der Waals surface area contributed by atoms with Crippen LogP contribution in [0.4, 0.5) is 11.6 Å². The Morgan fingerprint density at radius 3 is 2.89 bits per heavy atom. The van der Waals surface area contributed by atoms with Crippen molar-refractivity contribution in [2.24, 2.45) is 0 Å². The molecular formula is C13H15ClN4O. The molecule has 0 aliphatic rings. The molecule has 0 fully saturated rings. The largest absolute Gasteiger partial charge is 0.384 e. The van der Waals surface area contributed by atoms with Crippen molar-refractivity contribution in [3.63, 3.8) is 0 Å². The Hall–Kier alpha value is -1.85. The molecule has 5 nitrogen and oxygen atoms in total. The van der Waals surface area contributed by atoms with Crippen molar-refractivity contribution >= 4 is 23.2 Å². The highest BCUT2D eigenvalue weighted by Crippen LogP contribution is 2.14. The summed E-state index contributed by atoms with van der Waals surface area (Å²) in [5, 5.41) is 3.89. The number of aromatic nitrogens is 2. The average molecular weight is 279 g/mol. The minimum absolute atomic E-state index is 0.330. The lowest BCUT2D eigenvalue weighted by atomic mass is 10.2. The Kier molecular flexibility index (Phi) is 4.54. The summed E-state index contributed by atoms with van der Waals surface area (Å²) in [6.45, 7) is 0.945. The van der Waals surface area contributed by atoms with Crippen LogP contribution in [-0.4, -0.2) is 17.1 Å². The van der Waals surface area contributed by atoms with Gasteiger partial charge < -0.3 is 15.8 Å². The molecule has 0 unspecified atom stereocenters. The highest BCUT2D eigenvalue weighted by Gasteiger charge is 2.02. The lowest BCUT2D eigenvalue weighted by Gasteiger charge is -2.08. The van der Waals surface area contributed by atoms with E-state index in [2.05, 4.69) is 15.3 Å². The number of anilines is 2. The van der Waals surface area contributed by atoms with E-state index in [1.54, 1.807) is 13.2 Å². The summed E-state index contributed by atoms with van der Waals surface area (Å²) in [5.74, 6) is 1.63. The second kappa shape index (κ2) is 6.36. The zero-order chi connectivity index (χ0) is 13.7. The van der Waals surface area contributed by atoms with E-state index in [1.807, 2.05) is 24.3 Å². The molecule has 0 saturated heterocycles. The van der Waals surface area contributed by atoms with Crippen LogP contribution < -0.4 is 11.1 Å². The Bertz CT molecular complexity index is 562. The Morgan fingerprint density at radius 1 is 1.32 bits per heavy atom. The smallest absolute Gasteiger partial charge is 0.158 e. The van der Waals surface area contributed by atoms with Crippen molar-refractivity contribution in [3.05, 3.63) is 46.7 Å². The fourth-order valence-electron chi connectivity index (χ4n) is 1.64. The van der Waals surface area contributed by atoms with Crippen molar-refractivity contribution in [1.82, 2.24) is 9.97 Å². The van der Waals surface area contributed by atoms with Crippen LogP contribution in [0.5, 0.6) is 0 Å². The van der Waals surface area contributed by atoms with E-state index >= 15 is 0 Å². The molecule has 0 amide bonds. The quantitative estimate of drug-likeness (QED) is 0.879. The van der Waals surface area contributed by atoms with Crippen molar-refractivity contribution in [1.29, 1.82) is 0 Å². The van der Waals surface area contributed by atoms with Crippen LogP contribution in [0.15, 0.2) is 30.3 Å². The lowest BCUT2D eigenvalue weighted by Crippen LogP contribution is -2.07. The fourth-order valence-corrected chi connectivity index (χ4v) is 1.85. The molecule has 1 aromatic carbocycles. The van der Waals surface area contributed by atoms with E-state index in [0.29, 0.717) is 35.6 Å². The molecule has 0 saturated carbocycles. The summed E-state index contributed by atoms with van der Waals surface area (Å²) < 4.78 is 4.99. The number of nitrogens with zero attached hydrogens (tertiary/aromatic N) is 2. The summed E-state index contributed by atoms with van der Waals surface area (Å²) >= 11 is 5.93. The first-order valence-electron chi connectivity index (χ1n) is 5.78. The average Bonchev–Trinajstić information content (AvgIpc) is 2.36. The molecule has 0 radical (unpaired) electrons. The number of hydrogen-bond acceptors (Lipinski definition) is 5. The van der Waals surface area contributed by atoms with Crippen LogP contribution in [-0.2, 0) is 17.9 Å². The van der Waals surface area contributed by atoms with Crippen molar-refractivity contribution in [3.8, 4) is 0 Å². The van der Waals surface area contributed by atoms with Gasteiger partial charge in [0.1, 0.15) is 18.2 Å². The van der Waals surface area contributed by atoms with E-state index < -0.39 is 0 Å². The summed E-state index contributed by atoms with van der Waals surface area (Å²) in [6, 6.07) is 9.31. The van der Waals surface area contributed by atoms with Gasteiger partial charge >= 0.3 is 0 Å². The topological polar surface area (TPSA) is 73.1 Å². The molecule has 0 spiro atoms. The van der Waals surface area contributed by atoms with Crippen LogP contribution >= 0.6 is 11.6 Å². The molecule has 100 valence electrons. The Morgan fingerprint density at radius 2 is 2.16 bits per heavy atom. The van der Waals surface area contributed by atoms with E-state index in [0.717, 1.165) is 5.56 Å². The molecule has 2 rings (SSSR count). The Labute approximate surface area is 116 Å². The van der Waals surface area contributed by atoms with Gasteiger partial charge in [-0.2, -0.15) is 0 Å². The predicted molar refractivity (Wildman–Crippen MR) is 75.9 cm³/mol. The number of ether oxygens (including phenoxy) is 1. The number of rotatable bonds is 5. The summed E-state index contributed by atoms with van der Waals surface area (Å²) in [6.07, 6.45) is 0. The highest BCUT2D eigenvalue weighted by atomic mass is 35.5. The molecule has 19 heavy (non-hydrogen) atoms. The van der Waals surface area contributed by atoms with Gasteiger partial charge in [-0.25, -0.2) is 9.97 Å². The number of nitrogen functional groups attached to an aromatic ring is 1. The molecule has 0 atom stereocenters. The van der Waals surface area contributed by atoms with Gasteiger partial charge in [-0.1, -0.05) is 23.7 Å². The first-order chi connectivity index (χ1) is 9.17. The highest BCUT2D eigenvalue weighted by molar-refractivity contribution is 6.30. The number of hydrogen-bond donors (Lipinski definition) is 2. The zero-order valence-electron chi connectivity index (χ0n) is 10.6. The minimum Gasteiger partial charge on any atom is -0.384 e. The van der Waals surface area contributed by atoms with Crippen molar-refractivity contribution in [2.45, 2.75) is 13.2 Å². The Balaban J connectivity index is 2.06. The molecule has 2 aromatic rings. The van der Waals surface area contributed by atoms with Gasteiger partial charge in [0.05, 0.1) is 0 Å². The maximum absolute atomic E-state index is 5.93. The maximum Gasteiger partial charge on any atom is 0.158 e. The molecule has 3 N–H and O–H groups in total. The standard InChI is InChI=1S/C13H15ClN4O/c1-19-8-13-17-11(15)6-12(18-13)16-7-9-3-2-4-10(14)5-9/h2-6H,7-8H2,1H3,(H3,15,16,17,18). The second-order valence-electron chi connectivity index (χ2n) is 4.01. The first-order valence-corrected chi connectivity index (χ1v) is 6.16. The zero-order valence-corrected chi connectivity index (χ0v) is 11.3. The van der Waals surface area contributed by atoms with Crippen molar-refractivity contribution < 1.29 is 4.74 Å². The van der Waals surface area contributed by atoms with E-state index in [4.69, 9.17) is 22.1 Å². The van der Waals surface area contributed by atoms with Crippen LogP contribution in [0.25, 0.3) is 0 Å². The van der Waals surface area contributed by atoms with Crippen LogP contribution in [0, 0.1) is 0 Å². The number of nitrogens with one attached hydrogen (secondary N) is 1. The van der Waals surface area contributed by atoms with Gasteiger partial charge in [0, 0.05) is 24.7 Å². The minimum atomic E-state index is 0.330. The third kappa shape index (κ3) is 4.08. The SMILES string of the molecule is COCc1nc(N)cc(NCc2cccc(Cl)c2)n1. The van der Waals surface area contributed by atoms with Crippen molar-refractivity contribution in [2.75, 3.05) is 18.2 Å². The molecular weight excluding hydrogens is 264 g/mol. The van der Waals surface area contributed by atoms with Crippen LogP contribution in [0.3, 0.4) is 0 Å². The monoisotopic (exact) mass is 278 g/mol. The molecule has 6 heteroatoms. The van der Waals surface area contributed by atoms with Gasteiger partial charge in [0.2, 0.25) is 0 Å². The molecule has 0 aliphatic carbocycles. The van der Waals surface area contributed by atoms with Gasteiger partial charge in [0.15, 0.2) is 5.82 Å². The molecule has 1 aromatic heterocycles. The van der Waals surface area contributed by atoms with Gasteiger partial charge in [0.25, 0.3) is 0 Å². The number of benzene rings is 1. The first kappa shape index (κ1) is 13.6. The van der Waals surface area contributed by atoms with Gasteiger partial charge in [-0.15, -0.1) is 0 Å². The van der Waals surface area contributed by atoms with Gasteiger partial charge in [-0.3, -0.25) is 0 Å². The van der Waals surface area contributed by atoms with Gasteiger partial charge in [-0.05, 0) is 17.7 Å². The summed E-state index contributed by atoms with van der Waals surface area (Å²) in [7, 11) is 1.59. The summed E-state index contributed by atoms with van der Waals surface area (Å²) in [5.41, 5.74) is 6.78. The maximum atomic E-state index is 5.93. The molecule has 1 heterocycles. The van der Waals surface area contributed by atoms with E-state index in [-0.39, 0.29) is 0 Å². The normalized spacial score (nSPS) is 10.4. The van der Waals surface area contributed by atoms with E-state index in [1.165, 1.54) is 0 Å². The third-order valence-electron chi connectivity index (χ3n) is 2.43. The number of halogens is 1. The van der Waals surface area contributed by atoms with Crippen LogP contribution in [0.1, 0.15) is 11.4 Å². The third-order valence-corrected chi connectivity index (χ3v) is 2.66.